The maximum atomic E-state index is 11.5. The molecule has 3 N–H and O–H groups in total. The molecule has 0 spiro atoms. The average Bonchev–Trinajstić information content (AvgIpc) is 2.36. The maximum absolute atomic E-state index is 11.5. The Labute approximate surface area is 132 Å². The van der Waals surface area contributed by atoms with E-state index in [0.717, 1.165) is 18.4 Å². The van der Waals surface area contributed by atoms with Crippen LogP contribution in [-0.2, 0) is 4.79 Å². The molecule has 5 nitrogen and oxygen atoms in total. The van der Waals surface area contributed by atoms with Crippen molar-refractivity contribution in [1.29, 1.82) is 0 Å². The zero-order chi connectivity index (χ0) is 15.4. The van der Waals surface area contributed by atoms with Gasteiger partial charge < -0.3 is 15.7 Å². The van der Waals surface area contributed by atoms with E-state index in [1.165, 1.54) is 0 Å². The second kappa shape index (κ2) is 7.00. The molecule has 1 aromatic carbocycles. The summed E-state index contributed by atoms with van der Waals surface area (Å²) in [5.41, 5.74) is 1.12. The predicted molar refractivity (Wildman–Crippen MR) is 81.0 cm³/mol. The minimum absolute atomic E-state index is 0.0794. The standard InChI is InChI=1S/C14H16Cl2N2O3/c15-11-2-1-8(7-12(11)16)9-5-10(6-9)18-14(21)17-4-3-13(19)20/h1-2,7,9-10H,3-6H2,(H,19,20)(H2,17,18,21). The van der Waals surface area contributed by atoms with E-state index >= 15 is 0 Å². The Hall–Kier alpha value is -1.46. The molecule has 0 unspecified atom stereocenters. The molecule has 1 fully saturated rings. The summed E-state index contributed by atoms with van der Waals surface area (Å²) in [6.45, 7) is 0.129. The Balaban J connectivity index is 1.72. The lowest BCUT2D eigenvalue weighted by Crippen LogP contribution is -2.48. The van der Waals surface area contributed by atoms with Gasteiger partial charge in [0.25, 0.3) is 0 Å². The Morgan fingerprint density at radius 1 is 1.24 bits per heavy atom. The summed E-state index contributed by atoms with van der Waals surface area (Å²) in [6, 6.07) is 5.36. The fourth-order valence-electron chi connectivity index (χ4n) is 2.29. The zero-order valence-corrected chi connectivity index (χ0v) is 12.7. The molecule has 21 heavy (non-hydrogen) atoms. The van der Waals surface area contributed by atoms with Gasteiger partial charge in [-0.05, 0) is 36.5 Å². The minimum atomic E-state index is -0.932. The van der Waals surface area contributed by atoms with Crippen LogP contribution in [0.15, 0.2) is 18.2 Å². The van der Waals surface area contributed by atoms with Crippen molar-refractivity contribution >= 4 is 35.2 Å². The molecule has 0 saturated heterocycles. The molecule has 114 valence electrons. The van der Waals surface area contributed by atoms with Crippen molar-refractivity contribution in [1.82, 2.24) is 10.6 Å². The smallest absolute Gasteiger partial charge is 0.315 e. The van der Waals surface area contributed by atoms with E-state index in [-0.39, 0.29) is 25.0 Å². The number of aliphatic carboxylic acids is 1. The number of halogens is 2. The van der Waals surface area contributed by atoms with E-state index in [1.807, 2.05) is 12.1 Å². The molecule has 0 heterocycles. The van der Waals surface area contributed by atoms with Crippen LogP contribution in [0.4, 0.5) is 4.79 Å². The van der Waals surface area contributed by atoms with Gasteiger partial charge in [0.05, 0.1) is 16.5 Å². The summed E-state index contributed by atoms with van der Waals surface area (Å²) in [6.07, 6.45) is 1.60. The molecule has 0 atom stereocenters. The molecule has 1 aliphatic carbocycles. The van der Waals surface area contributed by atoms with Crippen LogP contribution < -0.4 is 10.6 Å². The second-order valence-electron chi connectivity index (χ2n) is 5.08. The quantitative estimate of drug-likeness (QED) is 0.776. The first kappa shape index (κ1) is 15.9. The third kappa shape index (κ3) is 4.51. The highest BCUT2D eigenvalue weighted by Gasteiger charge is 2.31. The molecule has 2 rings (SSSR count). The Bertz CT molecular complexity index is 545. The van der Waals surface area contributed by atoms with Crippen LogP contribution in [0.1, 0.15) is 30.7 Å². The first-order valence-electron chi connectivity index (χ1n) is 6.67. The highest BCUT2D eigenvalue weighted by molar-refractivity contribution is 6.42. The summed E-state index contributed by atoms with van der Waals surface area (Å²) < 4.78 is 0. The van der Waals surface area contributed by atoms with E-state index in [4.69, 9.17) is 28.3 Å². The number of carboxylic acid groups (broad SMARTS) is 1. The molecule has 1 aromatic rings. The molecule has 0 bridgehead atoms. The first-order chi connectivity index (χ1) is 9.95. The van der Waals surface area contributed by atoms with Gasteiger partial charge in [0.15, 0.2) is 0 Å². The van der Waals surface area contributed by atoms with Gasteiger partial charge in [-0.3, -0.25) is 4.79 Å². The van der Waals surface area contributed by atoms with Gasteiger partial charge in [-0.1, -0.05) is 29.3 Å². The number of amides is 2. The fourth-order valence-corrected chi connectivity index (χ4v) is 2.60. The van der Waals surface area contributed by atoms with Crippen LogP contribution in [0.2, 0.25) is 10.0 Å². The van der Waals surface area contributed by atoms with Gasteiger partial charge in [-0.25, -0.2) is 4.79 Å². The third-order valence-electron chi connectivity index (χ3n) is 3.51. The monoisotopic (exact) mass is 330 g/mol. The van der Waals surface area contributed by atoms with Crippen molar-refractivity contribution in [2.75, 3.05) is 6.54 Å². The number of benzene rings is 1. The summed E-state index contributed by atoms with van der Waals surface area (Å²) >= 11 is 11.9. The summed E-state index contributed by atoms with van der Waals surface area (Å²) in [4.78, 5) is 21.8. The van der Waals surface area contributed by atoms with Crippen LogP contribution in [0.25, 0.3) is 0 Å². The van der Waals surface area contributed by atoms with E-state index in [9.17, 15) is 9.59 Å². The highest BCUT2D eigenvalue weighted by Crippen LogP contribution is 2.38. The van der Waals surface area contributed by atoms with Crippen LogP contribution in [0.3, 0.4) is 0 Å². The molecular weight excluding hydrogens is 315 g/mol. The van der Waals surface area contributed by atoms with Crippen LogP contribution in [-0.4, -0.2) is 29.7 Å². The number of hydrogen-bond acceptors (Lipinski definition) is 2. The van der Waals surface area contributed by atoms with Crippen LogP contribution in [0.5, 0.6) is 0 Å². The van der Waals surface area contributed by atoms with E-state index in [0.29, 0.717) is 16.0 Å². The van der Waals surface area contributed by atoms with Crippen molar-refractivity contribution in [3.05, 3.63) is 33.8 Å². The SMILES string of the molecule is O=C(O)CCNC(=O)NC1CC(c2ccc(Cl)c(Cl)c2)C1. The van der Waals surface area contributed by atoms with E-state index < -0.39 is 5.97 Å². The number of carbonyl (C=O) groups excluding carboxylic acids is 1. The lowest BCUT2D eigenvalue weighted by atomic mass is 9.76. The largest absolute Gasteiger partial charge is 0.481 e. The molecule has 0 aliphatic heterocycles. The number of nitrogens with one attached hydrogen (secondary N) is 2. The van der Waals surface area contributed by atoms with Crippen molar-refractivity contribution in [2.45, 2.75) is 31.2 Å². The first-order valence-corrected chi connectivity index (χ1v) is 7.42. The molecule has 0 radical (unpaired) electrons. The average molecular weight is 331 g/mol. The summed E-state index contributed by atoms with van der Waals surface area (Å²) in [5, 5.41) is 14.9. The van der Waals surface area contributed by atoms with Gasteiger partial charge in [-0.15, -0.1) is 0 Å². The lowest BCUT2D eigenvalue weighted by Gasteiger charge is -2.36. The van der Waals surface area contributed by atoms with Crippen molar-refractivity contribution in [3.8, 4) is 0 Å². The van der Waals surface area contributed by atoms with Gasteiger partial charge in [-0.2, -0.15) is 0 Å². The van der Waals surface area contributed by atoms with Crippen molar-refractivity contribution in [3.63, 3.8) is 0 Å². The van der Waals surface area contributed by atoms with Gasteiger partial charge in [0.1, 0.15) is 0 Å². The third-order valence-corrected chi connectivity index (χ3v) is 4.25. The number of hydrogen-bond donors (Lipinski definition) is 3. The van der Waals surface area contributed by atoms with Crippen LogP contribution in [0, 0.1) is 0 Å². The second-order valence-corrected chi connectivity index (χ2v) is 5.90. The normalized spacial score (nSPS) is 20.5. The summed E-state index contributed by atoms with van der Waals surface area (Å²) in [7, 11) is 0. The Morgan fingerprint density at radius 2 is 1.95 bits per heavy atom. The highest BCUT2D eigenvalue weighted by atomic mass is 35.5. The zero-order valence-electron chi connectivity index (χ0n) is 11.2. The minimum Gasteiger partial charge on any atom is -0.481 e. The molecular formula is C14H16Cl2N2O3. The number of urea groups is 1. The fraction of sp³-hybridized carbons (Fsp3) is 0.429. The topological polar surface area (TPSA) is 78.4 Å². The van der Waals surface area contributed by atoms with Crippen LogP contribution >= 0.6 is 23.2 Å². The van der Waals surface area contributed by atoms with Gasteiger partial charge in [0.2, 0.25) is 0 Å². The molecule has 0 aromatic heterocycles. The Kier molecular flexibility index (Phi) is 5.31. The predicted octanol–water partition coefficient (Wildman–Crippen LogP) is 3.01. The van der Waals surface area contributed by atoms with E-state index in [2.05, 4.69) is 10.6 Å². The lowest BCUT2D eigenvalue weighted by molar-refractivity contribution is -0.136. The number of carboxylic acids is 1. The maximum Gasteiger partial charge on any atom is 0.315 e. The van der Waals surface area contributed by atoms with Crippen molar-refractivity contribution in [2.24, 2.45) is 0 Å². The Morgan fingerprint density at radius 3 is 2.57 bits per heavy atom. The number of rotatable bonds is 5. The van der Waals surface area contributed by atoms with Gasteiger partial charge in [0, 0.05) is 12.6 Å². The van der Waals surface area contributed by atoms with E-state index in [1.54, 1.807) is 6.07 Å². The van der Waals surface area contributed by atoms with Crippen molar-refractivity contribution < 1.29 is 14.7 Å². The molecule has 2 amide bonds. The van der Waals surface area contributed by atoms with Gasteiger partial charge >= 0.3 is 12.0 Å². The summed E-state index contributed by atoms with van der Waals surface area (Å²) in [5.74, 6) is -0.567. The number of carbonyl (C=O) groups is 2. The molecule has 1 saturated carbocycles. The molecule has 1 aliphatic rings. The molecule has 7 heteroatoms.